The summed E-state index contributed by atoms with van der Waals surface area (Å²) in [6.45, 7) is 0. The van der Waals surface area contributed by atoms with Gasteiger partial charge in [0, 0.05) is 10.0 Å². The van der Waals surface area contributed by atoms with Gasteiger partial charge in [-0.15, -0.1) is 0 Å². The maximum Gasteiger partial charge on any atom is 0.350 e. The molecule has 5 nitrogen and oxygen atoms in total. The Hall–Kier alpha value is -2.51. The highest BCUT2D eigenvalue weighted by Gasteiger charge is 2.19. The van der Waals surface area contributed by atoms with Crippen LogP contribution in [-0.4, -0.2) is 24.3 Å². The van der Waals surface area contributed by atoms with E-state index < -0.39 is 5.97 Å². The van der Waals surface area contributed by atoms with Crippen LogP contribution in [0, 0.1) is 0 Å². The molecule has 0 atom stereocenters. The number of thiazole rings is 1. The number of hydrogen-bond donors (Lipinski definition) is 1. The molecule has 0 fully saturated rings. The molecule has 1 N–H and O–H groups in total. The minimum Gasteiger partial charge on any atom is -0.465 e. The predicted molar refractivity (Wildman–Crippen MR) is 104 cm³/mol. The molecule has 3 rings (SSSR count). The van der Waals surface area contributed by atoms with Crippen molar-refractivity contribution in [3.63, 3.8) is 0 Å². The van der Waals surface area contributed by atoms with Crippen molar-refractivity contribution in [1.29, 1.82) is 0 Å². The van der Waals surface area contributed by atoms with E-state index in [1.54, 1.807) is 6.21 Å². The number of carbonyl (C=O) groups excluding carboxylic acids is 1. The molecular formula is C18H14BrN3O2S. The Labute approximate surface area is 157 Å². The summed E-state index contributed by atoms with van der Waals surface area (Å²) in [6.07, 6.45) is 1.69. The number of aromatic nitrogens is 1. The standard InChI is InChI=1S/C18H14BrN3O2S/c1-24-17(23)16-15(13-5-3-2-4-6-13)21-18(25-16)22-20-11-12-7-9-14(19)10-8-12/h2-11H,1H3,(H,21,22)/b20-11-. The van der Waals surface area contributed by atoms with Gasteiger partial charge < -0.3 is 4.74 Å². The van der Waals surface area contributed by atoms with Gasteiger partial charge in [-0.1, -0.05) is 69.7 Å². The van der Waals surface area contributed by atoms with Gasteiger partial charge in [-0.3, -0.25) is 5.43 Å². The third-order valence-corrected chi connectivity index (χ3v) is 4.76. The van der Waals surface area contributed by atoms with Crippen molar-refractivity contribution in [1.82, 2.24) is 4.98 Å². The summed E-state index contributed by atoms with van der Waals surface area (Å²) in [4.78, 5) is 16.9. The molecule has 0 amide bonds. The normalized spacial score (nSPS) is 10.8. The largest absolute Gasteiger partial charge is 0.465 e. The maximum absolute atomic E-state index is 12.0. The highest BCUT2D eigenvalue weighted by molar-refractivity contribution is 9.10. The average Bonchev–Trinajstić information content (AvgIpc) is 3.08. The molecule has 0 unspecified atom stereocenters. The fourth-order valence-electron chi connectivity index (χ4n) is 2.10. The molecule has 1 heterocycles. The van der Waals surface area contributed by atoms with Gasteiger partial charge in [-0.25, -0.2) is 9.78 Å². The number of hydrogen-bond acceptors (Lipinski definition) is 6. The van der Waals surface area contributed by atoms with Crippen LogP contribution in [-0.2, 0) is 4.74 Å². The number of nitrogens with one attached hydrogen (secondary N) is 1. The van der Waals surface area contributed by atoms with Crippen molar-refractivity contribution in [2.45, 2.75) is 0 Å². The van der Waals surface area contributed by atoms with Crippen LogP contribution in [0.4, 0.5) is 5.13 Å². The number of carbonyl (C=O) groups is 1. The van der Waals surface area contributed by atoms with Crippen molar-refractivity contribution in [3.8, 4) is 11.3 Å². The number of anilines is 1. The van der Waals surface area contributed by atoms with Crippen molar-refractivity contribution >= 4 is 44.6 Å². The molecule has 0 aliphatic rings. The second kappa shape index (κ2) is 8.04. The van der Waals surface area contributed by atoms with E-state index in [0.717, 1.165) is 15.6 Å². The predicted octanol–water partition coefficient (Wildman–Crippen LogP) is 4.81. The minimum atomic E-state index is -0.415. The lowest BCUT2D eigenvalue weighted by Crippen LogP contribution is -2.00. The van der Waals surface area contributed by atoms with Gasteiger partial charge in [0.15, 0.2) is 0 Å². The number of nitrogens with zero attached hydrogens (tertiary/aromatic N) is 2. The van der Waals surface area contributed by atoms with Crippen molar-refractivity contribution in [2.75, 3.05) is 12.5 Å². The third-order valence-electron chi connectivity index (χ3n) is 3.29. The first-order valence-electron chi connectivity index (χ1n) is 7.36. The van der Waals surface area contributed by atoms with Crippen LogP contribution in [0.3, 0.4) is 0 Å². The molecular weight excluding hydrogens is 402 g/mol. The Morgan fingerprint density at radius 2 is 1.92 bits per heavy atom. The molecule has 3 aromatic rings. The maximum atomic E-state index is 12.0. The first-order chi connectivity index (χ1) is 12.2. The van der Waals surface area contributed by atoms with Crippen molar-refractivity contribution in [2.24, 2.45) is 5.10 Å². The average molecular weight is 416 g/mol. The van der Waals surface area contributed by atoms with Crippen LogP contribution in [0.2, 0.25) is 0 Å². The van der Waals surface area contributed by atoms with Gasteiger partial charge in [-0.2, -0.15) is 5.10 Å². The Morgan fingerprint density at radius 1 is 1.20 bits per heavy atom. The lowest BCUT2D eigenvalue weighted by atomic mass is 10.1. The quantitative estimate of drug-likeness (QED) is 0.369. The lowest BCUT2D eigenvalue weighted by Gasteiger charge is -1.99. The van der Waals surface area contributed by atoms with Crippen molar-refractivity contribution in [3.05, 3.63) is 69.5 Å². The number of hydrazone groups is 1. The molecule has 1 aromatic heterocycles. The zero-order valence-corrected chi connectivity index (χ0v) is 15.7. The molecule has 0 saturated carbocycles. The number of ether oxygens (including phenoxy) is 1. The van der Waals surface area contributed by atoms with Crippen LogP contribution in [0.5, 0.6) is 0 Å². The Balaban J connectivity index is 1.83. The summed E-state index contributed by atoms with van der Waals surface area (Å²) in [5.74, 6) is -0.415. The second-order valence-electron chi connectivity index (χ2n) is 4.98. The van der Waals surface area contributed by atoms with Crippen molar-refractivity contribution < 1.29 is 9.53 Å². The molecule has 0 radical (unpaired) electrons. The summed E-state index contributed by atoms with van der Waals surface area (Å²) >= 11 is 4.60. The topological polar surface area (TPSA) is 63.6 Å². The highest BCUT2D eigenvalue weighted by Crippen LogP contribution is 2.31. The van der Waals surface area contributed by atoms with E-state index in [1.807, 2.05) is 54.6 Å². The monoisotopic (exact) mass is 415 g/mol. The molecule has 2 aromatic carbocycles. The number of halogens is 1. The number of methoxy groups -OCH3 is 1. The number of esters is 1. The van der Waals surface area contributed by atoms with E-state index in [1.165, 1.54) is 18.4 Å². The first-order valence-corrected chi connectivity index (χ1v) is 8.97. The number of rotatable bonds is 5. The molecule has 25 heavy (non-hydrogen) atoms. The first kappa shape index (κ1) is 17.3. The van der Waals surface area contributed by atoms with Crippen LogP contribution >= 0.6 is 27.3 Å². The summed E-state index contributed by atoms with van der Waals surface area (Å²) in [6, 6.07) is 17.3. The van der Waals surface area contributed by atoms with Crippen LogP contribution in [0.15, 0.2) is 64.2 Å². The van der Waals surface area contributed by atoms with E-state index in [4.69, 9.17) is 4.74 Å². The van der Waals surface area contributed by atoms with E-state index >= 15 is 0 Å². The van der Waals surface area contributed by atoms with E-state index in [-0.39, 0.29) is 0 Å². The van der Waals surface area contributed by atoms with Gasteiger partial charge in [0.25, 0.3) is 0 Å². The molecule has 7 heteroatoms. The summed E-state index contributed by atoms with van der Waals surface area (Å²) < 4.78 is 5.86. The van der Waals surface area contributed by atoms with E-state index in [2.05, 4.69) is 31.4 Å². The van der Waals surface area contributed by atoms with E-state index in [0.29, 0.717) is 15.7 Å². The molecule has 0 bridgehead atoms. The van der Waals surface area contributed by atoms with Gasteiger partial charge in [0.1, 0.15) is 4.88 Å². The molecule has 126 valence electrons. The fraction of sp³-hybridized carbons (Fsp3) is 0.0556. The Morgan fingerprint density at radius 3 is 2.60 bits per heavy atom. The fourth-order valence-corrected chi connectivity index (χ4v) is 3.22. The van der Waals surface area contributed by atoms with Gasteiger partial charge in [-0.05, 0) is 17.7 Å². The minimum absolute atomic E-state index is 0.415. The van der Waals surface area contributed by atoms with Gasteiger partial charge in [0.05, 0.1) is 19.0 Å². The lowest BCUT2D eigenvalue weighted by molar-refractivity contribution is 0.0607. The second-order valence-corrected chi connectivity index (χ2v) is 6.89. The number of benzene rings is 2. The molecule has 0 aliphatic carbocycles. The SMILES string of the molecule is COC(=O)c1sc(N/N=C\c2ccc(Br)cc2)nc1-c1ccccc1. The third kappa shape index (κ3) is 4.32. The van der Waals surface area contributed by atoms with Crippen LogP contribution in [0.25, 0.3) is 11.3 Å². The zero-order chi connectivity index (χ0) is 17.6. The summed E-state index contributed by atoms with van der Waals surface area (Å²) in [5.41, 5.74) is 5.26. The summed E-state index contributed by atoms with van der Waals surface area (Å²) in [7, 11) is 1.36. The summed E-state index contributed by atoms with van der Waals surface area (Å²) in [5, 5.41) is 4.70. The smallest absolute Gasteiger partial charge is 0.350 e. The molecule has 0 saturated heterocycles. The van der Waals surface area contributed by atoms with Gasteiger partial charge >= 0.3 is 5.97 Å². The highest BCUT2D eigenvalue weighted by atomic mass is 79.9. The van der Waals surface area contributed by atoms with Crippen LogP contribution < -0.4 is 5.43 Å². The van der Waals surface area contributed by atoms with Gasteiger partial charge in [0.2, 0.25) is 5.13 Å². The Bertz CT molecular complexity index is 892. The molecule has 0 aliphatic heterocycles. The molecule has 0 spiro atoms. The zero-order valence-electron chi connectivity index (χ0n) is 13.3. The van der Waals surface area contributed by atoms with E-state index in [9.17, 15) is 4.79 Å². The Kier molecular flexibility index (Phi) is 5.57. The van der Waals surface area contributed by atoms with Crippen LogP contribution in [0.1, 0.15) is 15.2 Å².